The van der Waals surface area contributed by atoms with Gasteiger partial charge in [0.25, 0.3) is 0 Å². The topological polar surface area (TPSA) is 38.5 Å². The molecule has 0 spiro atoms. The van der Waals surface area contributed by atoms with Crippen molar-refractivity contribution in [3.8, 4) is 0 Å². The summed E-state index contributed by atoms with van der Waals surface area (Å²) in [5.74, 6) is 0. The molecule has 0 saturated carbocycles. The van der Waals surface area contributed by atoms with Gasteiger partial charge >= 0.3 is 0 Å². The molecule has 0 aromatic carbocycles. The number of nitrogens with two attached hydrogens (primary N) is 1. The van der Waals surface area contributed by atoms with E-state index in [0.717, 1.165) is 26.1 Å². The maximum Gasteiger partial charge on any atom is 0.0634 e. The zero-order valence-electron chi connectivity index (χ0n) is 11.8. The van der Waals surface area contributed by atoms with Gasteiger partial charge in [-0.3, -0.25) is 4.90 Å². The lowest BCUT2D eigenvalue weighted by molar-refractivity contribution is 0.00373. The molecule has 0 heterocycles. The first-order chi connectivity index (χ1) is 7.50. The standard InChI is InChI=1S/C13H30N2O/c1-6-12(7-2)15(11-9-14)10-8-13(3,4)16-5/h12H,6-11,14H2,1-5H3. The van der Waals surface area contributed by atoms with Gasteiger partial charge in [-0.1, -0.05) is 13.8 Å². The first-order valence-corrected chi connectivity index (χ1v) is 6.50. The van der Waals surface area contributed by atoms with E-state index >= 15 is 0 Å². The minimum Gasteiger partial charge on any atom is -0.379 e. The van der Waals surface area contributed by atoms with Crippen LogP contribution in [0.1, 0.15) is 47.0 Å². The Morgan fingerprint density at radius 2 is 1.75 bits per heavy atom. The van der Waals surface area contributed by atoms with Crippen LogP contribution in [0.2, 0.25) is 0 Å². The van der Waals surface area contributed by atoms with Crippen molar-refractivity contribution in [1.82, 2.24) is 4.90 Å². The Balaban J connectivity index is 4.22. The summed E-state index contributed by atoms with van der Waals surface area (Å²) < 4.78 is 5.46. The summed E-state index contributed by atoms with van der Waals surface area (Å²) in [6.07, 6.45) is 3.45. The van der Waals surface area contributed by atoms with Crippen molar-refractivity contribution >= 4 is 0 Å². The molecule has 3 nitrogen and oxygen atoms in total. The molecule has 0 unspecified atom stereocenters. The predicted octanol–water partition coefficient (Wildman–Crippen LogP) is 2.25. The molecule has 0 radical (unpaired) electrons. The number of hydrogen-bond acceptors (Lipinski definition) is 3. The molecule has 2 N–H and O–H groups in total. The van der Waals surface area contributed by atoms with E-state index in [1.165, 1.54) is 12.8 Å². The summed E-state index contributed by atoms with van der Waals surface area (Å²) in [6, 6.07) is 0.663. The Hall–Kier alpha value is -0.120. The molecule has 16 heavy (non-hydrogen) atoms. The maximum atomic E-state index is 5.68. The van der Waals surface area contributed by atoms with E-state index in [-0.39, 0.29) is 5.60 Å². The Morgan fingerprint density at radius 3 is 2.12 bits per heavy atom. The molecular formula is C13H30N2O. The van der Waals surface area contributed by atoms with Crippen LogP contribution in [-0.4, -0.2) is 43.3 Å². The van der Waals surface area contributed by atoms with Gasteiger partial charge in [0.1, 0.15) is 0 Å². The lowest BCUT2D eigenvalue weighted by Gasteiger charge is -2.33. The van der Waals surface area contributed by atoms with Crippen molar-refractivity contribution in [3.05, 3.63) is 0 Å². The van der Waals surface area contributed by atoms with Gasteiger partial charge in [-0.15, -0.1) is 0 Å². The Labute approximate surface area is 101 Å². The summed E-state index contributed by atoms with van der Waals surface area (Å²) in [4.78, 5) is 2.50. The highest BCUT2D eigenvalue weighted by Crippen LogP contribution is 2.16. The SMILES string of the molecule is CCC(CC)N(CCN)CCC(C)(C)OC. The molecular weight excluding hydrogens is 200 g/mol. The normalized spacial score (nSPS) is 12.8. The lowest BCUT2D eigenvalue weighted by atomic mass is 10.0. The zero-order chi connectivity index (χ0) is 12.6. The fourth-order valence-electron chi connectivity index (χ4n) is 1.96. The Bertz CT molecular complexity index is 167. The van der Waals surface area contributed by atoms with E-state index in [0.29, 0.717) is 6.04 Å². The maximum absolute atomic E-state index is 5.68. The number of rotatable bonds is 9. The van der Waals surface area contributed by atoms with Gasteiger partial charge in [-0.2, -0.15) is 0 Å². The lowest BCUT2D eigenvalue weighted by Crippen LogP contribution is -2.41. The van der Waals surface area contributed by atoms with Gasteiger partial charge in [0.15, 0.2) is 0 Å². The first-order valence-electron chi connectivity index (χ1n) is 6.50. The van der Waals surface area contributed by atoms with Crippen LogP contribution in [0, 0.1) is 0 Å². The summed E-state index contributed by atoms with van der Waals surface area (Å²) in [5, 5.41) is 0. The second-order valence-electron chi connectivity index (χ2n) is 5.01. The van der Waals surface area contributed by atoms with Crippen molar-refractivity contribution in [2.45, 2.75) is 58.6 Å². The van der Waals surface area contributed by atoms with Crippen LogP contribution in [-0.2, 0) is 4.74 Å². The highest BCUT2D eigenvalue weighted by molar-refractivity contribution is 4.75. The molecule has 0 rings (SSSR count). The summed E-state index contributed by atoms with van der Waals surface area (Å²) in [5.41, 5.74) is 5.65. The van der Waals surface area contributed by atoms with Crippen LogP contribution in [0.25, 0.3) is 0 Å². The summed E-state index contributed by atoms with van der Waals surface area (Å²) >= 11 is 0. The van der Waals surface area contributed by atoms with Crippen LogP contribution in [0.15, 0.2) is 0 Å². The van der Waals surface area contributed by atoms with E-state index in [4.69, 9.17) is 10.5 Å². The predicted molar refractivity (Wildman–Crippen MR) is 70.7 cm³/mol. The minimum absolute atomic E-state index is 0.0289. The third-order valence-electron chi connectivity index (χ3n) is 3.43. The zero-order valence-corrected chi connectivity index (χ0v) is 11.8. The smallest absolute Gasteiger partial charge is 0.0634 e. The summed E-state index contributed by atoms with van der Waals surface area (Å²) in [7, 11) is 1.78. The van der Waals surface area contributed by atoms with E-state index in [2.05, 4.69) is 32.6 Å². The van der Waals surface area contributed by atoms with Crippen LogP contribution in [0.3, 0.4) is 0 Å². The average Bonchev–Trinajstić information content (AvgIpc) is 2.27. The average molecular weight is 230 g/mol. The van der Waals surface area contributed by atoms with E-state index in [1.54, 1.807) is 7.11 Å². The van der Waals surface area contributed by atoms with Crippen molar-refractivity contribution in [2.75, 3.05) is 26.7 Å². The fourth-order valence-corrected chi connectivity index (χ4v) is 1.96. The summed E-state index contributed by atoms with van der Waals surface area (Å²) in [6.45, 7) is 11.6. The van der Waals surface area contributed by atoms with E-state index in [1.807, 2.05) is 0 Å². The van der Waals surface area contributed by atoms with Crippen LogP contribution >= 0.6 is 0 Å². The Morgan fingerprint density at radius 1 is 1.19 bits per heavy atom. The van der Waals surface area contributed by atoms with Crippen LogP contribution < -0.4 is 5.73 Å². The van der Waals surface area contributed by atoms with Crippen molar-refractivity contribution in [2.24, 2.45) is 5.73 Å². The molecule has 3 heteroatoms. The molecule has 0 aliphatic rings. The molecule has 0 fully saturated rings. The second-order valence-corrected chi connectivity index (χ2v) is 5.01. The van der Waals surface area contributed by atoms with Crippen molar-refractivity contribution in [3.63, 3.8) is 0 Å². The number of nitrogens with zero attached hydrogens (tertiary/aromatic N) is 1. The Kier molecular flexibility index (Phi) is 7.98. The number of ether oxygens (including phenoxy) is 1. The van der Waals surface area contributed by atoms with E-state index < -0.39 is 0 Å². The highest BCUT2D eigenvalue weighted by atomic mass is 16.5. The molecule has 0 aliphatic heterocycles. The van der Waals surface area contributed by atoms with Gasteiger partial charge in [0.05, 0.1) is 5.60 Å². The molecule has 0 saturated heterocycles. The van der Waals surface area contributed by atoms with Gasteiger partial charge in [0.2, 0.25) is 0 Å². The van der Waals surface area contributed by atoms with Gasteiger partial charge in [0, 0.05) is 32.8 Å². The molecule has 0 bridgehead atoms. The van der Waals surface area contributed by atoms with Crippen LogP contribution in [0.4, 0.5) is 0 Å². The number of hydrogen-bond donors (Lipinski definition) is 1. The van der Waals surface area contributed by atoms with Gasteiger partial charge in [-0.25, -0.2) is 0 Å². The van der Waals surface area contributed by atoms with Crippen LogP contribution in [0.5, 0.6) is 0 Å². The minimum atomic E-state index is -0.0289. The molecule has 0 atom stereocenters. The van der Waals surface area contributed by atoms with Gasteiger partial charge < -0.3 is 10.5 Å². The molecule has 0 amide bonds. The molecule has 0 aromatic rings. The highest BCUT2D eigenvalue weighted by Gasteiger charge is 2.20. The third kappa shape index (κ3) is 5.83. The monoisotopic (exact) mass is 230 g/mol. The molecule has 0 aromatic heterocycles. The molecule has 0 aliphatic carbocycles. The molecule has 98 valence electrons. The largest absolute Gasteiger partial charge is 0.379 e. The van der Waals surface area contributed by atoms with Crippen molar-refractivity contribution in [1.29, 1.82) is 0 Å². The second kappa shape index (κ2) is 8.04. The number of methoxy groups -OCH3 is 1. The third-order valence-corrected chi connectivity index (χ3v) is 3.43. The quantitative estimate of drug-likeness (QED) is 0.660. The van der Waals surface area contributed by atoms with Gasteiger partial charge in [-0.05, 0) is 33.1 Å². The van der Waals surface area contributed by atoms with Crippen molar-refractivity contribution < 1.29 is 4.74 Å². The van der Waals surface area contributed by atoms with E-state index in [9.17, 15) is 0 Å². The first kappa shape index (κ1) is 15.9. The fraction of sp³-hybridized carbons (Fsp3) is 1.00.